The summed E-state index contributed by atoms with van der Waals surface area (Å²) in [6, 6.07) is 26.9. The molecule has 0 atom stereocenters. The fourth-order valence-electron chi connectivity index (χ4n) is 3.89. The van der Waals surface area contributed by atoms with Gasteiger partial charge in [-0.2, -0.15) is 0 Å². The number of amides is 3. The van der Waals surface area contributed by atoms with Crippen molar-refractivity contribution in [2.75, 3.05) is 23.5 Å². The molecule has 2 aromatic heterocycles. The number of thioether (sulfide) groups is 1. The zero-order valence-corrected chi connectivity index (χ0v) is 25.4. The Balaban J connectivity index is 1.21. The molecule has 5 aromatic rings. The number of methoxy groups -OCH3 is 1. The topological polar surface area (TPSA) is 109 Å². The summed E-state index contributed by atoms with van der Waals surface area (Å²) in [7, 11) is 1.54. The van der Waals surface area contributed by atoms with E-state index in [4.69, 9.17) is 4.74 Å². The highest BCUT2D eigenvalue weighted by atomic mass is 32.2. The summed E-state index contributed by atoms with van der Waals surface area (Å²) in [5.41, 5.74) is 2.49. The zero-order chi connectivity index (χ0) is 30.0. The third-order valence-electron chi connectivity index (χ3n) is 5.97. The van der Waals surface area contributed by atoms with Gasteiger partial charge in [0.1, 0.15) is 11.4 Å². The van der Waals surface area contributed by atoms with Crippen LogP contribution in [0.25, 0.3) is 16.6 Å². The second-order valence-corrected chi connectivity index (χ2v) is 11.8. The maximum absolute atomic E-state index is 13.3. The molecule has 11 heteroatoms. The number of hydrogen-bond acceptors (Lipinski definition) is 8. The van der Waals surface area contributed by atoms with E-state index in [-0.39, 0.29) is 17.4 Å². The lowest BCUT2D eigenvalue weighted by atomic mass is 10.1. The van der Waals surface area contributed by atoms with Crippen LogP contribution >= 0.6 is 34.4 Å². The van der Waals surface area contributed by atoms with Crippen LogP contribution < -0.4 is 20.7 Å². The van der Waals surface area contributed by atoms with Crippen molar-refractivity contribution >= 4 is 69.1 Å². The third kappa shape index (κ3) is 8.19. The first-order valence-electron chi connectivity index (χ1n) is 13.0. The molecule has 3 amide bonds. The Morgan fingerprint density at radius 2 is 1.65 bits per heavy atom. The molecule has 0 fully saturated rings. The van der Waals surface area contributed by atoms with Gasteiger partial charge in [-0.05, 0) is 60.0 Å². The van der Waals surface area contributed by atoms with Gasteiger partial charge in [0, 0.05) is 27.1 Å². The summed E-state index contributed by atoms with van der Waals surface area (Å²) in [6.45, 7) is 0. The lowest BCUT2D eigenvalue weighted by molar-refractivity contribution is -0.114. The molecule has 0 bridgehead atoms. The molecule has 0 spiro atoms. The molecular weight excluding hydrogens is 601 g/mol. The minimum absolute atomic E-state index is 0.0536. The summed E-state index contributed by atoms with van der Waals surface area (Å²) in [5.74, 6) is -0.306. The highest BCUT2D eigenvalue weighted by Crippen LogP contribution is 2.29. The summed E-state index contributed by atoms with van der Waals surface area (Å²) in [4.78, 5) is 45.1. The second kappa shape index (κ2) is 14.5. The SMILES string of the molecule is COc1ccccc1/C=C(\NC(=O)c1ccccc1)C(=O)Nc1ccc(SCC(=O)Nc2nc(-c3cccs3)cs2)cc1. The van der Waals surface area contributed by atoms with Crippen LogP contribution in [0.1, 0.15) is 15.9 Å². The number of thiazole rings is 1. The molecule has 0 aliphatic rings. The smallest absolute Gasteiger partial charge is 0.272 e. The van der Waals surface area contributed by atoms with E-state index in [1.54, 1.807) is 73.1 Å². The fourth-order valence-corrected chi connectivity index (χ4v) is 6.08. The molecular formula is C32H26N4O4S3. The molecule has 0 saturated heterocycles. The molecule has 0 saturated carbocycles. The van der Waals surface area contributed by atoms with Crippen molar-refractivity contribution in [1.29, 1.82) is 0 Å². The van der Waals surface area contributed by atoms with Crippen molar-refractivity contribution in [2.45, 2.75) is 4.90 Å². The number of carbonyl (C=O) groups excluding carboxylic acids is 3. The minimum Gasteiger partial charge on any atom is -0.496 e. The van der Waals surface area contributed by atoms with Crippen LogP contribution in [0.4, 0.5) is 10.8 Å². The molecule has 5 rings (SSSR count). The van der Waals surface area contributed by atoms with Crippen LogP contribution in [-0.4, -0.2) is 35.6 Å². The molecule has 0 aliphatic carbocycles. The van der Waals surface area contributed by atoms with Crippen LogP contribution in [-0.2, 0) is 9.59 Å². The van der Waals surface area contributed by atoms with E-state index < -0.39 is 11.8 Å². The molecule has 0 radical (unpaired) electrons. The van der Waals surface area contributed by atoms with Crippen LogP contribution in [0.15, 0.2) is 112 Å². The number of para-hydroxylation sites is 1. The lowest BCUT2D eigenvalue weighted by Gasteiger charge is -2.13. The van der Waals surface area contributed by atoms with Crippen LogP contribution in [0, 0.1) is 0 Å². The van der Waals surface area contributed by atoms with Gasteiger partial charge in [-0.3, -0.25) is 14.4 Å². The highest BCUT2D eigenvalue weighted by Gasteiger charge is 2.16. The predicted octanol–water partition coefficient (Wildman–Crippen LogP) is 7.02. The van der Waals surface area contributed by atoms with Gasteiger partial charge >= 0.3 is 0 Å². The number of aromatic nitrogens is 1. The number of rotatable bonds is 11. The van der Waals surface area contributed by atoms with Gasteiger partial charge in [0.2, 0.25) is 5.91 Å². The van der Waals surface area contributed by atoms with Crippen LogP contribution in [0.5, 0.6) is 5.75 Å². The number of nitrogens with zero attached hydrogens (tertiary/aromatic N) is 1. The molecule has 216 valence electrons. The molecule has 3 aromatic carbocycles. The summed E-state index contributed by atoms with van der Waals surface area (Å²) >= 11 is 4.36. The molecule has 8 nitrogen and oxygen atoms in total. The second-order valence-electron chi connectivity index (χ2n) is 8.95. The number of carbonyl (C=O) groups is 3. The van der Waals surface area contributed by atoms with Gasteiger partial charge in [-0.1, -0.05) is 42.5 Å². The van der Waals surface area contributed by atoms with Gasteiger partial charge in [0.05, 0.1) is 23.4 Å². The van der Waals surface area contributed by atoms with Crippen molar-refractivity contribution in [1.82, 2.24) is 10.3 Å². The van der Waals surface area contributed by atoms with Crippen molar-refractivity contribution < 1.29 is 19.1 Å². The van der Waals surface area contributed by atoms with Crippen molar-refractivity contribution in [2.24, 2.45) is 0 Å². The van der Waals surface area contributed by atoms with Crippen molar-refractivity contribution in [3.8, 4) is 16.3 Å². The fraction of sp³-hybridized carbons (Fsp3) is 0.0625. The Bertz CT molecular complexity index is 1730. The largest absolute Gasteiger partial charge is 0.496 e. The number of benzene rings is 3. The van der Waals surface area contributed by atoms with E-state index in [0.717, 1.165) is 15.5 Å². The summed E-state index contributed by atoms with van der Waals surface area (Å²) in [5, 5.41) is 12.9. The van der Waals surface area contributed by atoms with E-state index in [1.807, 2.05) is 53.2 Å². The number of anilines is 2. The van der Waals surface area contributed by atoms with Gasteiger partial charge in [-0.15, -0.1) is 34.4 Å². The van der Waals surface area contributed by atoms with E-state index in [2.05, 4.69) is 20.9 Å². The highest BCUT2D eigenvalue weighted by molar-refractivity contribution is 8.00. The standard InChI is InChI=1S/C32H26N4O4S3/c1-40-27-11-6-5-10-22(27)18-25(34-30(38)21-8-3-2-4-9-21)31(39)33-23-13-15-24(16-14-23)42-20-29(37)36-32-35-26(19-43-32)28-12-7-17-41-28/h2-19H,20H2,1H3,(H,33,39)(H,34,38)(H,35,36,37)/b25-18-. The third-order valence-corrected chi connectivity index (χ3v) is 8.64. The van der Waals surface area contributed by atoms with Gasteiger partial charge in [-0.25, -0.2) is 4.98 Å². The molecule has 0 aliphatic heterocycles. The monoisotopic (exact) mass is 626 g/mol. The maximum Gasteiger partial charge on any atom is 0.272 e. The number of nitrogens with one attached hydrogen (secondary N) is 3. The maximum atomic E-state index is 13.3. The Morgan fingerprint density at radius 1 is 0.884 bits per heavy atom. The molecule has 2 heterocycles. The minimum atomic E-state index is -0.500. The van der Waals surface area contributed by atoms with E-state index in [1.165, 1.54) is 23.1 Å². The van der Waals surface area contributed by atoms with Crippen molar-refractivity contribution in [3.05, 3.63) is 119 Å². The number of hydrogen-bond donors (Lipinski definition) is 3. The average Bonchev–Trinajstić information content (AvgIpc) is 3.74. The first-order valence-corrected chi connectivity index (χ1v) is 15.8. The lowest BCUT2D eigenvalue weighted by Crippen LogP contribution is -2.30. The molecule has 43 heavy (non-hydrogen) atoms. The summed E-state index contributed by atoms with van der Waals surface area (Å²) < 4.78 is 5.41. The first kappa shape index (κ1) is 29.8. The Labute approximate surface area is 260 Å². The van der Waals surface area contributed by atoms with Gasteiger partial charge in [0.25, 0.3) is 11.8 Å². The van der Waals surface area contributed by atoms with E-state index in [0.29, 0.717) is 27.7 Å². The quantitative estimate of drug-likeness (QED) is 0.107. The Hall–Kier alpha value is -4.71. The zero-order valence-electron chi connectivity index (χ0n) is 22.9. The van der Waals surface area contributed by atoms with E-state index in [9.17, 15) is 14.4 Å². The Morgan fingerprint density at radius 3 is 2.40 bits per heavy atom. The normalized spacial score (nSPS) is 11.0. The van der Waals surface area contributed by atoms with Gasteiger partial charge in [0.15, 0.2) is 5.13 Å². The predicted molar refractivity (Wildman–Crippen MR) is 175 cm³/mol. The number of ether oxygens (including phenoxy) is 1. The Kier molecular flexibility index (Phi) is 10.0. The van der Waals surface area contributed by atoms with Gasteiger partial charge < -0.3 is 20.7 Å². The van der Waals surface area contributed by atoms with Crippen LogP contribution in [0.3, 0.4) is 0 Å². The molecule has 0 unspecified atom stereocenters. The number of thiophene rings is 1. The van der Waals surface area contributed by atoms with Crippen LogP contribution in [0.2, 0.25) is 0 Å². The van der Waals surface area contributed by atoms with E-state index >= 15 is 0 Å². The first-order chi connectivity index (χ1) is 21.0. The summed E-state index contributed by atoms with van der Waals surface area (Å²) in [6.07, 6.45) is 1.57. The van der Waals surface area contributed by atoms with Crippen molar-refractivity contribution in [3.63, 3.8) is 0 Å². The molecule has 3 N–H and O–H groups in total. The average molecular weight is 627 g/mol.